The zero-order valence-electron chi connectivity index (χ0n) is 17.6. The van der Waals surface area contributed by atoms with Crippen molar-refractivity contribution in [3.63, 3.8) is 0 Å². The molecule has 2 nitrogen and oxygen atoms in total. The molecule has 0 N–H and O–H groups in total. The largest absolute Gasteiger partial charge is 0.250 e. The third-order valence-corrected chi connectivity index (χ3v) is 5.64. The first-order valence-electron chi connectivity index (χ1n) is 10.2. The second kappa shape index (κ2) is 10.6. The van der Waals surface area contributed by atoms with Gasteiger partial charge in [-0.2, -0.15) is 0 Å². The summed E-state index contributed by atoms with van der Waals surface area (Å²) in [6, 6.07) is 22.1. The summed E-state index contributed by atoms with van der Waals surface area (Å²) in [5.74, 6) is 0. The summed E-state index contributed by atoms with van der Waals surface area (Å²) in [5.41, 5.74) is 6.84. The molecule has 0 aromatic heterocycles. The SMILES string of the molecule is CCC(=Nc1c(C)cccc1Cl)C(CCc1ccccc1)=Nc1c(C)cccc1Cl. The molecule has 0 fully saturated rings. The summed E-state index contributed by atoms with van der Waals surface area (Å²) in [5, 5.41) is 1.30. The van der Waals surface area contributed by atoms with Gasteiger partial charge in [0.05, 0.1) is 32.8 Å². The number of nitrogens with zero attached hydrogens (tertiary/aromatic N) is 2. The van der Waals surface area contributed by atoms with E-state index in [1.54, 1.807) is 0 Å². The Kier molecular flexibility index (Phi) is 7.84. The van der Waals surface area contributed by atoms with E-state index in [0.29, 0.717) is 10.0 Å². The van der Waals surface area contributed by atoms with Crippen molar-refractivity contribution in [3.05, 3.63) is 93.5 Å². The molecule has 0 aliphatic heterocycles. The quantitative estimate of drug-likeness (QED) is 0.331. The van der Waals surface area contributed by atoms with E-state index in [4.69, 9.17) is 33.2 Å². The van der Waals surface area contributed by atoms with Gasteiger partial charge < -0.3 is 0 Å². The molecule has 0 amide bonds. The Morgan fingerprint density at radius 1 is 0.700 bits per heavy atom. The minimum atomic E-state index is 0.650. The van der Waals surface area contributed by atoms with E-state index in [0.717, 1.165) is 53.2 Å². The van der Waals surface area contributed by atoms with Gasteiger partial charge in [0, 0.05) is 0 Å². The van der Waals surface area contributed by atoms with Crippen LogP contribution < -0.4 is 0 Å². The number of benzene rings is 3. The standard InChI is InChI=1S/C26H26Cl2N2/c1-4-23(29-25-18(2)10-8-14-21(25)27)24(17-16-20-12-6-5-7-13-20)30-26-19(3)11-9-15-22(26)28/h5-15H,4,16-17H2,1-3H3. The van der Waals surface area contributed by atoms with Crippen LogP contribution in [0.3, 0.4) is 0 Å². The van der Waals surface area contributed by atoms with Gasteiger partial charge >= 0.3 is 0 Å². The van der Waals surface area contributed by atoms with Gasteiger partial charge in [-0.15, -0.1) is 0 Å². The minimum Gasteiger partial charge on any atom is -0.250 e. The van der Waals surface area contributed by atoms with Gasteiger partial charge in [0.1, 0.15) is 0 Å². The van der Waals surface area contributed by atoms with Crippen LogP contribution in [-0.4, -0.2) is 11.4 Å². The molecule has 0 unspecified atom stereocenters. The van der Waals surface area contributed by atoms with Gasteiger partial charge in [0.2, 0.25) is 0 Å². The average molecular weight is 437 g/mol. The molecule has 30 heavy (non-hydrogen) atoms. The summed E-state index contributed by atoms with van der Waals surface area (Å²) >= 11 is 12.9. The molecule has 0 heterocycles. The molecular formula is C26H26Cl2N2. The molecule has 0 bridgehead atoms. The van der Waals surface area contributed by atoms with Crippen molar-refractivity contribution < 1.29 is 0 Å². The Hall–Kier alpha value is -2.42. The Balaban J connectivity index is 2.07. The molecule has 0 atom stereocenters. The van der Waals surface area contributed by atoms with Crippen molar-refractivity contribution in [2.24, 2.45) is 9.98 Å². The van der Waals surface area contributed by atoms with Crippen molar-refractivity contribution in [3.8, 4) is 0 Å². The Labute approximate surface area is 189 Å². The van der Waals surface area contributed by atoms with Gasteiger partial charge in [0.15, 0.2) is 0 Å². The topological polar surface area (TPSA) is 24.7 Å². The molecule has 0 radical (unpaired) electrons. The Morgan fingerprint density at radius 3 is 1.73 bits per heavy atom. The Morgan fingerprint density at radius 2 is 1.23 bits per heavy atom. The smallest absolute Gasteiger partial charge is 0.0849 e. The van der Waals surface area contributed by atoms with Gasteiger partial charge in [-0.25, -0.2) is 9.98 Å². The number of para-hydroxylation sites is 2. The average Bonchev–Trinajstić information content (AvgIpc) is 2.74. The molecule has 0 saturated carbocycles. The van der Waals surface area contributed by atoms with Crippen LogP contribution in [0.25, 0.3) is 0 Å². The molecule has 0 aliphatic carbocycles. The van der Waals surface area contributed by atoms with Crippen LogP contribution in [-0.2, 0) is 6.42 Å². The van der Waals surface area contributed by atoms with E-state index in [9.17, 15) is 0 Å². The summed E-state index contributed by atoms with van der Waals surface area (Å²) in [6.07, 6.45) is 2.40. The predicted octanol–water partition coefficient (Wildman–Crippen LogP) is 8.50. The fraction of sp³-hybridized carbons (Fsp3) is 0.231. The fourth-order valence-electron chi connectivity index (χ4n) is 3.32. The second-order valence-corrected chi connectivity index (χ2v) is 8.08. The fourth-order valence-corrected chi connectivity index (χ4v) is 3.85. The third kappa shape index (κ3) is 5.59. The van der Waals surface area contributed by atoms with Crippen molar-refractivity contribution in [2.75, 3.05) is 0 Å². The molecule has 3 aromatic carbocycles. The molecule has 0 saturated heterocycles. The van der Waals surface area contributed by atoms with Crippen LogP contribution in [0.4, 0.5) is 11.4 Å². The highest BCUT2D eigenvalue weighted by atomic mass is 35.5. The van der Waals surface area contributed by atoms with E-state index in [1.165, 1.54) is 5.56 Å². The Bertz CT molecular complexity index is 1030. The van der Waals surface area contributed by atoms with Gasteiger partial charge in [-0.05, 0) is 61.9 Å². The van der Waals surface area contributed by atoms with Crippen LogP contribution in [0.1, 0.15) is 36.5 Å². The lowest BCUT2D eigenvalue weighted by molar-refractivity contribution is 1.04. The molecule has 3 rings (SSSR count). The van der Waals surface area contributed by atoms with Crippen LogP contribution in [0, 0.1) is 13.8 Å². The lowest BCUT2D eigenvalue weighted by Gasteiger charge is -2.13. The summed E-state index contributed by atoms with van der Waals surface area (Å²) in [6.45, 7) is 6.15. The predicted molar refractivity (Wildman–Crippen MR) is 132 cm³/mol. The van der Waals surface area contributed by atoms with Crippen LogP contribution in [0.5, 0.6) is 0 Å². The lowest BCUT2D eigenvalue weighted by atomic mass is 10.0. The maximum Gasteiger partial charge on any atom is 0.0849 e. The summed E-state index contributed by atoms with van der Waals surface area (Å²) in [7, 11) is 0. The van der Waals surface area contributed by atoms with Gasteiger partial charge in [-0.3, -0.25) is 0 Å². The van der Waals surface area contributed by atoms with Crippen LogP contribution >= 0.6 is 23.2 Å². The van der Waals surface area contributed by atoms with Crippen molar-refractivity contribution in [1.82, 2.24) is 0 Å². The van der Waals surface area contributed by atoms with Crippen molar-refractivity contribution >= 4 is 46.0 Å². The molecule has 0 aliphatic rings. The second-order valence-electron chi connectivity index (χ2n) is 7.27. The first kappa shape index (κ1) is 22.3. The molecular weight excluding hydrogens is 411 g/mol. The normalized spacial score (nSPS) is 12.3. The molecule has 3 aromatic rings. The highest BCUT2D eigenvalue weighted by Crippen LogP contribution is 2.31. The first-order valence-corrected chi connectivity index (χ1v) is 10.9. The number of hydrogen-bond donors (Lipinski definition) is 0. The minimum absolute atomic E-state index is 0.650. The van der Waals surface area contributed by atoms with Crippen LogP contribution in [0.15, 0.2) is 76.7 Å². The van der Waals surface area contributed by atoms with E-state index >= 15 is 0 Å². The summed E-state index contributed by atoms with van der Waals surface area (Å²) in [4.78, 5) is 9.97. The van der Waals surface area contributed by atoms with Crippen molar-refractivity contribution in [1.29, 1.82) is 0 Å². The number of hydrogen-bond acceptors (Lipinski definition) is 2. The highest BCUT2D eigenvalue weighted by Gasteiger charge is 2.13. The number of aliphatic imine (C=N–C) groups is 2. The maximum atomic E-state index is 6.48. The molecule has 154 valence electrons. The molecule has 4 heteroatoms. The van der Waals surface area contributed by atoms with E-state index in [2.05, 4.69) is 31.2 Å². The van der Waals surface area contributed by atoms with Crippen LogP contribution in [0.2, 0.25) is 10.0 Å². The monoisotopic (exact) mass is 436 g/mol. The maximum absolute atomic E-state index is 6.48. The third-order valence-electron chi connectivity index (χ3n) is 5.03. The number of halogens is 2. The zero-order valence-corrected chi connectivity index (χ0v) is 19.1. The van der Waals surface area contributed by atoms with Crippen molar-refractivity contribution in [2.45, 2.75) is 40.0 Å². The van der Waals surface area contributed by atoms with E-state index in [-0.39, 0.29) is 0 Å². The van der Waals surface area contributed by atoms with E-state index < -0.39 is 0 Å². The summed E-state index contributed by atoms with van der Waals surface area (Å²) < 4.78 is 0. The zero-order chi connectivity index (χ0) is 21.5. The van der Waals surface area contributed by atoms with Gasteiger partial charge in [0.25, 0.3) is 0 Å². The van der Waals surface area contributed by atoms with E-state index in [1.807, 2.05) is 56.3 Å². The first-order chi connectivity index (χ1) is 14.5. The lowest BCUT2D eigenvalue weighted by Crippen LogP contribution is -2.14. The number of aryl methyl sites for hydroxylation is 3. The number of rotatable bonds is 7. The molecule has 0 spiro atoms. The highest BCUT2D eigenvalue weighted by molar-refractivity contribution is 6.44. The van der Waals surface area contributed by atoms with Gasteiger partial charge in [-0.1, -0.05) is 84.7 Å².